The fourth-order valence-electron chi connectivity index (χ4n) is 2.23. The van der Waals surface area contributed by atoms with E-state index in [4.69, 9.17) is 28.9 Å². The van der Waals surface area contributed by atoms with Crippen LogP contribution < -0.4 is 5.73 Å². The van der Waals surface area contributed by atoms with Crippen LogP contribution in [0.4, 0.5) is 0 Å². The number of amides is 1. The first kappa shape index (κ1) is 15.6. The van der Waals surface area contributed by atoms with Crippen molar-refractivity contribution in [2.75, 3.05) is 0 Å². The highest BCUT2D eigenvalue weighted by molar-refractivity contribution is 6.35. The van der Waals surface area contributed by atoms with Crippen LogP contribution in [0.5, 0.6) is 0 Å². The number of carbonyl (C=O) groups is 1. The second-order valence-electron chi connectivity index (χ2n) is 4.50. The van der Waals surface area contributed by atoms with Crippen molar-refractivity contribution >= 4 is 35.2 Å². The first-order valence-electron chi connectivity index (χ1n) is 6.11. The van der Waals surface area contributed by atoms with E-state index < -0.39 is 11.5 Å². The lowest BCUT2D eigenvalue weighted by molar-refractivity contribution is -0.133. The van der Waals surface area contributed by atoms with Crippen LogP contribution in [-0.2, 0) is 10.4 Å². The molecule has 0 saturated carbocycles. The van der Waals surface area contributed by atoms with Gasteiger partial charge in [0, 0.05) is 15.6 Å². The third-order valence-corrected chi connectivity index (χ3v) is 3.73. The minimum absolute atomic E-state index is 0.141. The first-order chi connectivity index (χ1) is 9.91. The second kappa shape index (κ2) is 5.90. The van der Waals surface area contributed by atoms with Crippen molar-refractivity contribution < 1.29 is 9.90 Å². The summed E-state index contributed by atoms with van der Waals surface area (Å²) in [5, 5.41) is 11.5. The minimum atomic E-state index is -2.06. The number of carbonyl (C=O) groups excluding carboxylic acids is 1. The van der Waals surface area contributed by atoms with Crippen molar-refractivity contribution in [2.24, 2.45) is 5.73 Å². The van der Waals surface area contributed by atoms with E-state index in [0.717, 1.165) is 0 Å². The molecule has 0 aromatic heterocycles. The second-order valence-corrected chi connectivity index (χ2v) is 5.34. The maximum Gasteiger partial charge on any atom is 0.258 e. The van der Waals surface area contributed by atoms with Gasteiger partial charge in [-0.05, 0) is 23.3 Å². The number of aliphatic hydroxyl groups is 1. The number of hydrogen-bond acceptors (Lipinski definition) is 2. The Bertz CT molecular complexity index is 701. The van der Waals surface area contributed by atoms with Crippen molar-refractivity contribution in [1.82, 2.24) is 0 Å². The molecule has 0 bridgehead atoms. The average Bonchev–Trinajstić information content (AvgIpc) is 2.46. The van der Waals surface area contributed by atoms with Gasteiger partial charge >= 0.3 is 0 Å². The quantitative estimate of drug-likeness (QED) is 0.906. The summed E-state index contributed by atoms with van der Waals surface area (Å²) < 4.78 is 0. The van der Waals surface area contributed by atoms with E-state index >= 15 is 0 Å². The minimum Gasteiger partial charge on any atom is -0.372 e. The summed E-state index contributed by atoms with van der Waals surface area (Å²) in [6.07, 6.45) is 1.46. The Morgan fingerprint density at radius 3 is 2.38 bits per heavy atom. The van der Waals surface area contributed by atoms with Crippen LogP contribution in [0, 0.1) is 0 Å². The molecule has 1 amide bonds. The lowest BCUT2D eigenvalue weighted by atomic mass is 9.83. The van der Waals surface area contributed by atoms with E-state index in [-0.39, 0.29) is 10.6 Å². The van der Waals surface area contributed by atoms with Gasteiger partial charge in [-0.15, -0.1) is 0 Å². The smallest absolute Gasteiger partial charge is 0.258 e. The van der Waals surface area contributed by atoms with Crippen molar-refractivity contribution in [3.63, 3.8) is 0 Å². The molecule has 0 aliphatic heterocycles. The Labute approximate surface area is 132 Å². The highest BCUT2D eigenvalue weighted by Gasteiger charge is 2.41. The molecule has 2 aromatic carbocycles. The predicted molar refractivity (Wildman–Crippen MR) is 85.2 cm³/mol. The van der Waals surface area contributed by atoms with E-state index in [0.29, 0.717) is 16.1 Å². The van der Waals surface area contributed by atoms with Gasteiger partial charge in [-0.25, -0.2) is 0 Å². The molecule has 1 unspecified atom stereocenters. The topological polar surface area (TPSA) is 63.3 Å². The van der Waals surface area contributed by atoms with E-state index in [9.17, 15) is 9.90 Å². The van der Waals surface area contributed by atoms with Crippen LogP contribution in [0.15, 0.2) is 49.0 Å². The van der Waals surface area contributed by atoms with Crippen molar-refractivity contribution in [3.8, 4) is 0 Å². The van der Waals surface area contributed by atoms with Gasteiger partial charge in [0.15, 0.2) is 5.60 Å². The first-order valence-corrected chi connectivity index (χ1v) is 6.86. The molecule has 0 saturated heterocycles. The zero-order valence-electron chi connectivity index (χ0n) is 11.0. The standard InChI is InChI=1S/C16H13Cl2NO2/c1-2-10-8-12(17)9-13(18)14(10)16(21,15(19)20)11-6-4-3-5-7-11/h2-9,21H,1H2,(H2,19,20). The van der Waals surface area contributed by atoms with Crippen LogP contribution in [0.3, 0.4) is 0 Å². The molecule has 2 rings (SSSR count). The number of benzene rings is 2. The van der Waals surface area contributed by atoms with Gasteiger partial charge in [0.25, 0.3) is 5.91 Å². The summed E-state index contributed by atoms with van der Waals surface area (Å²) in [5.74, 6) is -0.930. The summed E-state index contributed by atoms with van der Waals surface area (Å²) in [7, 11) is 0. The highest BCUT2D eigenvalue weighted by atomic mass is 35.5. The van der Waals surface area contributed by atoms with Gasteiger partial charge in [-0.1, -0.05) is 66.2 Å². The molecule has 0 radical (unpaired) electrons. The Hall–Kier alpha value is -1.81. The number of rotatable bonds is 4. The molecule has 3 N–H and O–H groups in total. The van der Waals surface area contributed by atoms with Crippen LogP contribution in [-0.4, -0.2) is 11.0 Å². The molecule has 0 fully saturated rings. The molecule has 1 atom stereocenters. The molecule has 2 aromatic rings. The molecule has 3 nitrogen and oxygen atoms in total. The number of primary amides is 1. The normalized spacial score (nSPS) is 13.5. The molecule has 5 heteroatoms. The van der Waals surface area contributed by atoms with Gasteiger partial charge in [0.1, 0.15) is 0 Å². The van der Waals surface area contributed by atoms with Crippen LogP contribution in [0.2, 0.25) is 10.0 Å². The summed E-state index contributed by atoms with van der Waals surface area (Å²) in [6, 6.07) is 11.4. The molecular weight excluding hydrogens is 309 g/mol. The largest absolute Gasteiger partial charge is 0.372 e. The van der Waals surface area contributed by atoms with Crippen molar-refractivity contribution in [2.45, 2.75) is 5.60 Å². The van der Waals surface area contributed by atoms with Crippen molar-refractivity contribution in [3.05, 3.63) is 75.8 Å². The maximum atomic E-state index is 12.0. The third-order valence-electron chi connectivity index (χ3n) is 3.22. The number of halogens is 2. The van der Waals surface area contributed by atoms with Gasteiger partial charge < -0.3 is 10.8 Å². The van der Waals surface area contributed by atoms with Crippen LogP contribution in [0.1, 0.15) is 16.7 Å². The third kappa shape index (κ3) is 2.68. The number of hydrogen-bond donors (Lipinski definition) is 2. The van der Waals surface area contributed by atoms with Crippen LogP contribution >= 0.6 is 23.2 Å². The molecule has 0 heterocycles. The SMILES string of the molecule is C=Cc1cc(Cl)cc(Cl)c1C(O)(C(N)=O)c1ccccc1. The van der Waals surface area contributed by atoms with Gasteiger partial charge in [0.2, 0.25) is 0 Å². The zero-order valence-corrected chi connectivity index (χ0v) is 12.5. The summed E-state index contributed by atoms with van der Waals surface area (Å²) in [4.78, 5) is 12.0. The molecular formula is C16H13Cl2NO2. The maximum absolute atomic E-state index is 12.0. The lowest BCUT2D eigenvalue weighted by Crippen LogP contribution is -2.43. The van der Waals surface area contributed by atoms with E-state index in [1.165, 1.54) is 12.1 Å². The van der Waals surface area contributed by atoms with E-state index in [2.05, 4.69) is 6.58 Å². The summed E-state index contributed by atoms with van der Waals surface area (Å²) >= 11 is 12.1. The molecule has 0 aliphatic carbocycles. The van der Waals surface area contributed by atoms with E-state index in [1.807, 2.05) is 0 Å². The Morgan fingerprint density at radius 2 is 1.86 bits per heavy atom. The average molecular weight is 322 g/mol. The Kier molecular flexibility index (Phi) is 4.37. The number of nitrogens with two attached hydrogens (primary N) is 1. The fraction of sp³-hybridized carbons (Fsp3) is 0.0625. The highest BCUT2D eigenvalue weighted by Crippen LogP contribution is 2.38. The van der Waals surface area contributed by atoms with Gasteiger partial charge in [-0.3, -0.25) is 4.79 Å². The summed E-state index contributed by atoms with van der Waals surface area (Å²) in [6.45, 7) is 3.66. The molecule has 108 valence electrons. The zero-order chi connectivity index (χ0) is 15.6. The fourth-order valence-corrected chi connectivity index (χ4v) is 2.87. The monoisotopic (exact) mass is 321 g/mol. The summed E-state index contributed by atoms with van der Waals surface area (Å²) in [5.41, 5.74) is 4.32. The predicted octanol–water partition coefficient (Wildman–Crippen LogP) is 3.36. The Morgan fingerprint density at radius 1 is 1.24 bits per heavy atom. The molecule has 21 heavy (non-hydrogen) atoms. The Balaban J connectivity index is 2.82. The molecule has 0 aliphatic rings. The van der Waals surface area contributed by atoms with Crippen molar-refractivity contribution in [1.29, 1.82) is 0 Å². The lowest BCUT2D eigenvalue weighted by Gasteiger charge is -2.28. The van der Waals surface area contributed by atoms with Gasteiger partial charge in [0.05, 0.1) is 0 Å². The van der Waals surface area contributed by atoms with Gasteiger partial charge in [-0.2, -0.15) is 0 Å². The molecule has 0 spiro atoms. The van der Waals surface area contributed by atoms with Crippen LogP contribution in [0.25, 0.3) is 6.08 Å². The van der Waals surface area contributed by atoms with E-state index in [1.54, 1.807) is 36.4 Å².